The molecule has 0 aliphatic rings. The standard InChI is InChI=1S/C25H47NO7/c1-6-8-9-10-11-12-13-14-15-16-24(28)33-21(20-32-23(27)7-2)19-31-18-17-22(25(29)30)26(3,4)5/h21-22H,6-20H2,1-5H3. The van der Waals surface area contributed by atoms with E-state index in [1.807, 2.05) is 0 Å². The van der Waals surface area contributed by atoms with E-state index in [9.17, 15) is 19.5 Å². The number of nitrogens with zero attached hydrogens (tertiary/aromatic N) is 1. The molecule has 2 unspecified atom stereocenters. The van der Waals surface area contributed by atoms with E-state index in [-0.39, 0.29) is 49.1 Å². The highest BCUT2D eigenvalue weighted by molar-refractivity contribution is 5.70. The van der Waals surface area contributed by atoms with Crippen LogP contribution in [0.15, 0.2) is 0 Å². The third-order valence-corrected chi connectivity index (χ3v) is 5.55. The second-order valence-corrected chi connectivity index (χ2v) is 9.54. The van der Waals surface area contributed by atoms with Gasteiger partial charge in [-0.2, -0.15) is 0 Å². The number of rotatable bonds is 21. The van der Waals surface area contributed by atoms with E-state index in [0.29, 0.717) is 6.42 Å². The van der Waals surface area contributed by atoms with Crippen molar-refractivity contribution in [3.05, 3.63) is 0 Å². The van der Waals surface area contributed by atoms with Crippen molar-refractivity contribution < 1.29 is 38.2 Å². The molecule has 0 heterocycles. The number of carbonyl (C=O) groups excluding carboxylic acids is 3. The Morgan fingerprint density at radius 1 is 0.818 bits per heavy atom. The molecule has 0 aromatic carbocycles. The molecule has 0 aliphatic carbocycles. The number of quaternary nitrogens is 1. The maximum Gasteiger partial charge on any atom is 0.306 e. The van der Waals surface area contributed by atoms with Crippen molar-refractivity contribution in [2.45, 2.75) is 103 Å². The fraction of sp³-hybridized carbons (Fsp3) is 0.880. The summed E-state index contributed by atoms with van der Waals surface area (Å²) >= 11 is 0. The molecule has 0 aliphatic heterocycles. The van der Waals surface area contributed by atoms with Crippen LogP contribution in [-0.2, 0) is 28.6 Å². The monoisotopic (exact) mass is 473 g/mol. The summed E-state index contributed by atoms with van der Waals surface area (Å²) in [5, 5.41) is 11.3. The van der Waals surface area contributed by atoms with Crippen LogP contribution in [0.4, 0.5) is 0 Å². The molecule has 0 radical (unpaired) electrons. The minimum atomic E-state index is -1.13. The molecule has 0 saturated heterocycles. The molecule has 8 heteroatoms. The van der Waals surface area contributed by atoms with Gasteiger partial charge in [0.25, 0.3) is 0 Å². The van der Waals surface area contributed by atoms with Gasteiger partial charge in [0.1, 0.15) is 12.6 Å². The Labute approximate surface area is 200 Å². The largest absolute Gasteiger partial charge is 0.544 e. The minimum Gasteiger partial charge on any atom is -0.544 e. The molecule has 0 N–H and O–H groups in total. The van der Waals surface area contributed by atoms with Crippen LogP contribution in [-0.4, -0.2) is 75.5 Å². The number of aliphatic carboxylic acids is 1. The van der Waals surface area contributed by atoms with Crippen molar-refractivity contribution >= 4 is 17.9 Å². The molecule has 8 nitrogen and oxygen atoms in total. The predicted molar refractivity (Wildman–Crippen MR) is 125 cm³/mol. The molecule has 0 bridgehead atoms. The van der Waals surface area contributed by atoms with Gasteiger partial charge in [0.2, 0.25) is 0 Å². The van der Waals surface area contributed by atoms with Crippen LogP contribution in [0.3, 0.4) is 0 Å². The van der Waals surface area contributed by atoms with Crippen molar-refractivity contribution in [2.75, 3.05) is 41.0 Å². The summed E-state index contributed by atoms with van der Waals surface area (Å²) in [5.41, 5.74) is 0. The third-order valence-electron chi connectivity index (χ3n) is 5.55. The molecule has 0 fully saturated rings. The summed E-state index contributed by atoms with van der Waals surface area (Å²) in [6.07, 6.45) is 10.6. The molecule has 2 atom stereocenters. The van der Waals surface area contributed by atoms with Gasteiger partial charge < -0.3 is 28.6 Å². The fourth-order valence-electron chi connectivity index (χ4n) is 3.46. The molecule has 0 rings (SSSR count). The summed E-state index contributed by atoms with van der Waals surface area (Å²) in [7, 11) is 5.34. The lowest BCUT2D eigenvalue weighted by Crippen LogP contribution is -2.55. The second-order valence-electron chi connectivity index (χ2n) is 9.54. The van der Waals surface area contributed by atoms with E-state index >= 15 is 0 Å². The van der Waals surface area contributed by atoms with Crippen LogP contribution >= 0.6 is 0 Å². The highest BCUT2D eigenvalue weighted by Crippen LogP contribution is 2.12. The average Bonchev–Trinajstić information content (AvgIpc) is 2.74. The Bertz CT molecular complexity index is 545. The zero-order valence-electron chi connectivity index (χ0n) is 21.6. The van der Waals surface area contributed by atoms with E-state index < -0.39 is 18.1 Å². The lowest BCUT2D eigenvalue weighted by Gasteiger charge is -2.34. The first-order chi connectivity index (χ1) is 15.6. The summed E-state index contributed by atoms with van der Waals surface area (Å²) in [6, 6.07) is -0.712. The first kappa shape index (κ1) is 31.3. The zero-order chi connectivity index (χ0) is 25.1. The van der Waals surface area contributed by atoms with Crippen molar-refractivity contribution in [3.63, 3.8) is 0 Å². The lowest BCUT2D eigenvalue weighted by atomic mass is 10.1. The molecule has 33 heavy (non-hydrogen) atoms. The highest BCUT2D eigenvalue weighted by Gasteiger charge is 2.25. The van der Waals surface area contributed by atoms with E-state index in [1.165, 1.54) is 38.5 Å². The van der Waals surface area contributed by atoms with Gasteiger partial charge in [-0.05, 0) is 6.42 Å². The number of carboxylic acids is 1. The molecule has 0 amide bonds. The molecular weight excluding hydrogens is 426 g/mol. The fourth-order valence-corrected chi connectivity index (χ4v) is 3.46. The molecule has 0 spiro atoms. The SMILES string of the molecule is CCCCCCCCCCCC(=O)OC(COCCC(C(=O)[O-])[N+](C)(C)C)COC(=O)CC. The van der Waals surface area contributed by atoms with Gasteiger partial charge >= 0.3 is 11.9 Å². The average molecular weight is 474 g/mol. The van der Waals surface area contributed by atoms with Gasteiger partial charge in [0.15, 0.2) is 6.10 Å². The van der Waals surface area contributed by atoms with Crippen LogP contribution in [0.2, 0.25) is 0 Å². The van der Waals surface area contributed by atoms with Crippen molar-refractivity contribution in [1.82, 2.24) is 0 Å². The Morgan fingerprint density at radius 2 is 1.39 bits per heavy atom. The molecule has 0 aromatic heterocycles. The lowest BCUT2D eigenvalue weighted by molar-refractivity contribution is -0.889. The van der Waals surface area contributed by atoms with E-state index in [2.05, 4.69) is 6.92 Å². The number of carboxylic acid groups (broad SMARTS) is 1. The van der Waals surface area contributed by atoms with Crippen molar-refractivity contribution in [3.8, 4) is 0 Å². The van der Waals surface area contributed by atoms with Gasteiger partial charge in [-0.15, -0.1) is 0 Å². The Hall–Kier alpha value is -1.67. The van der Waals surface area contributed by atoms with Crippen LogP contribution in [0.5, 0.6) is 0 Å². The van der Waals surface area contributed by atoms with Crippen LogP contribution in [0.1, 0.15) is 90.9 Å². The molecule has 194 valence electrons. The van der Waals surface area contributed by atoms with E-state index in [4.69, 9.17) is 14.2 Å². The van der Waals surface area contributed by atoms with Crippen LogP contribution < -0.4 is 5.11 Å². The molecule has 0 aromatic rings. The predicted octanol–water partition coefficient (Wildman–Crippen LogP) is 3.00. The topological polar surface area (TPSA) is 102 Å². The second kappa shape index (κ2) is 18.7. The maximum absolute atomic E-state index is 12.2. The minimum absolute atomic E-state index is 0.0391. The van der Waals surface area contributed by atoms with E-state index in [0.717, 1.165) is 19.3 Å². The van der Waals surface area contributed by atoms with Gasteiger partial charge in [0.05, 0.1) is 40.3 Å². The summed E-state index contributed by atoms with van der Waals surface area (Å²) < 4.78 is 16.4. The van der Waals surface area contributed by atoms with Gasteiger partial charge in [-0.3, -0.25) is 9.59 Å². The number of esters is 2. The maximum atomic E-state index is 12.2. The summed E-state index contributed by atoms with van der Waals surface area (Å²) in [6.45, 7) is 4.03. The number of ether oxygens (including phenoxy) is 3. The van der Waals surface area contributed by atoms with E-state index in [1.54, 1.807) is 28.1 Å². The van der Waals surface area contributed by atoms with Gasteiger partial charge in [-0.1, -0.05) is 65.2 Å². The number of hydrogen-bond donors (Lipinski definition) is 0. The van der Waals surface area contributed by atoms with Crippen LogP contribution in [0.25, 0.3) is 0 Å². The number of carbonyl (C=O) groups is 3. The van der Waals surface area contributed by atoms with Gasteiger partial charge in [-0.25, -0.2) is 0 Å². The van der Waals surface area contributed by atoms with Crippen molar-refractivity contribution in [2.24, 2.45) is 0 Å². The first-order valence-electron chi connectivity index (χ1n) is 12.6. The smallest absolute Gasteiger partial charge is 0.306 e. The number of hydrogen-bond acceptors (Lipinski definition) is 7. The summed E-state index contributed by atoms with van der Waals surface area (Å²) in [5.74, 6) is -1.85. The Kier molecular flexibility index (Phi) is 17.8. The van der Waals surface area contributed by atoms with Crippen molar-refractivity contribution in [1.29, 1.82) is 0 Å². The molecule has 0 saturated carbocycles. The Morgan fingerprint density at radius 3 is 1.91 bits per heavy atom. The quantitative estimate of drug-likeness (QED) is 0.143. The number of unbranched alkanes of at least 4 members (excludes halogenated alkanes) is 8. The number of likely N-dealkylation sites (N-methyl/N-ethyl adjacent to an activating group) is 1. The Balaban J connectivity index is 4.31. The third kappa shape index (κ3) is 17.5. The zero-order valence-corrected chi connectivity index (χ0v) is 21.6. The molecular formula is C25H47NO7. The normalized spacial score (nSPS) is 13.4. The van der Waals surface area contributed by atoms with Crippen LogP contribution in [0, 0.1) is 0 Å². The first-order valence-corrected chi connectivity index (χ1v) is 12.6. The summed E-state index contributed by atoms with van der Waals surface area (Å²) in [4.78, 5) is 35.1. The van der Waals surface area contributed by atoms with Gasteiger partial charge in [0, 0.05) is 19.3 Å². The highest BCUT2D eigenvalue weighted by atomic mass is 16.6.